The third-order valence-electron chi connectivity index (χ3n) is 11.0. The van der Waals surface area contributed by atoms with E-state index in [9.17, 15) is 0 Å². The number of anilines is 3. The number of fused-ring (bicyclic) bond motifs is 10. The number of rotatable bonds is 5. The Morgan fingerprint density at radius 1 is 0.315 bits per heavy atom. The van der Waals surface area contributed by atoms with Crippen LogP contribution in [0.15, 0.2) is 200 Å². The Morgan fingerprint density at radius 3 is 1.83 bits per heavy atom. The molecule has 11 rings (SSSR count). The van der Waals surface area contributed by atoms with Crippen molar-refractivity contribution in [1.82, 2.24) is 0 Å². The van der Waals surface area contributed by atoms with Crippen molar-refractivity contribution in [3.63, 3.8) is 0 Å². The topological polar surface area (TPSA) is 3.24 Å². The molecule has 1 nitrogen and oxygen atoms in total. The van der Waals surface area contributed by atoms with E-state index in [1.807, 2.05) is 11.3 Å². The third kappa shape index (κ3) is 4.92. The summed E-state index contributed by atoms with van der Waals surface area (Å²) >= 11 is 1.87. The van der Waals surface area contributed by atoms with Crippen molar-refractivity contribution in [3.8, 4) is 22.3 Å². The number of nitrogens with zero attached hydrogens (tertiary/aromatic N) is 1. The molecule has 0 amide bonds. The third-order valence-corrected chi connectivity index (χ3v) is 12.1. The van der Waals surface area contributed by atoms with Gasteiger partial charge in [0.2, 0.25) is 0 Å². The van der Waals surface area contributed by atoms with Crippen molar-refractivity contribution in [2.45, 2.75) is 0 Å². The van der Waals surface area contributed by atoms with Gasteiger partial charge in [0.05, 0.1) is 5.69 Å². The summed E-state index contributed by atoms with van der Waals surface area (Å²) in [6.45, 7) is 0. The van der Waals surface area contributed by atoms with Crippen LogP contribution in [0.5, 0.6) is 0 Å². The highest BCUT2D eigenvalue weighted by molar-refractivity contribution is 7.26. The van der Waals surface area contributed by atoms with Gasteiger partial charge in [-0.1, -0.05) is 164 Å². The molecule has 0 radical (unpaired) electrons. The summed E-state index contributed by atoms with van der Waals surface area (Å²) in [5, 5.41) is 12.9. The molecule has 0 aliphatic rings. The van der Waals surface area contributed by atoms with Crippen LogP contribution in [0, 0.1) is 0 Å². The van der Waals surface area contributed by atoms with Gasteiger partial charge >= 0.3 is 0 Å². The van der Waals surface area contributed by atoms with Crippen molar-refractivity contribution in [3.05, 3.63) is 200 Å². The van der Waals surface area contributed by atoms with E-state index >= 15 is 0 Å². The highest BCUT2D eigenvalue weighted by atomic mass is 32.1. The summed E-state index contributed by atoms with van der Waals surface area (Å²) in [5.74, 6) is 0. The molecule has 0 saturated heterocycles. The van der Waals surface area contributed by atoms with Crippen LogP contribution in [0.4, 0.5) is 17.1 Å². The van der Waals surface area contributed by atoms with Gasteiger partial charge in [-0.2, -0.15) is 0 Å². The van der Waals surface area contributed by atoms with Crippen LogP contribution in [-0.2, 0) is 0 Å². The van der Waals surface area contributed by atoms with E-state index in [1.165, 1.54) is 91.2 Å². The smallest absolute Gasteiger partial charge is 0.0554 e. The summed E-state index contributed by atoms with van der Waals surface area (Å²) in [7, 11) is 0. The largest absolute Gasteiger partial charge is 0.310 e. The van der Waals surface area contributed by atoms with E-state index in [2.05, 4.69) is 205 Å². The van der Waals surface area contributed by atoms with Crippen molar-refractivity contribution in [2.24, 2.45) is 0 Å². The van der Waals surface area contributed by atoms with Crippen LogP contribution in [0.3, 0.4) is 0 Å². The quantitative estimate of drug-likeness (QED) is 0.161. The lowest BCUT2D eigenvalue weighted by Gasteiger charge is -2.28. The molecule has 1 aromatic heterocycles. The molecule has 0 N–H and O–H groups in total. The minimum absolute atomic E-state index is 1.12. The van der Waals surface area contributed by atoms with Gasteiger partial charge in [0.15, 0.2) is 0 Å². The summed E-state index contributed by atoms with van der Waals surface area (Å²) < 4.78 is 2.61. The van der Waals surface area contributed by atoms with E-state index in [-0.39, 0.29) is 0 Å². The van der Waals surface area contributed by atoms with Gasteiger partial charge < -0.3 is 4.90 Å². The van der Waals surface area contributed by atoms with Crippen LogP contribution in [0.1, 0.15) is 0 Å². The van der Waals surface area contributed by atoms with Gasteiger partial charge in [0.1, 0.15) is 0 Å². The average Bonchev–Trinajstić information content (AvgIpc) is 3.63. The van der Waals surface area contributed by atoms with Gasteiger partial charge in [-0.25, -0.2) is 0 Å². The lowest BCUT2D eigenvalue weighted by molar-refractivity contribution is 1.30. The van der Waals surface area contributed by atoms with Crippen molar-refractivity contribution in [1.29, 1.82) is 0 Å². The van der Waals surface area contributed by atoms with Crippen LogP contribution in [0.2, 0.25) is 0 Å². The first-order valence-corrected chi connectivity index (χ1v) is 19.3. The Balaban J connectivity index is 1.11. The Hall–Kier alpha value is -6.74. The molecule has 0 saturated carbocycles. The summed E-state index contributed by atoms with van der Waals surface area (Å²) in [4.78, 5) is 2.45. The van der Waals surface area contributed by atoms with E-state index in [4.69, 9.17) is 0 Å². The zero-order valence-electron chi connectivity index (χ0n) is 29.4. The molecule has 54 heavy (non-hydrogen) atoms. The minimum atomic E-state index is 1.12. The zero-order valence-corrected chi connectivity index (χ0v) is 30.2. The average molecular weight is 704 g/mol. The fourth-order valence-corrected chi connectivity index (χ4v) is 9.70. The fraction of sp³-hybridized carbons (Fsp3) is 0. The summed E-state index contributed by atoms with van der Waals surface area (Å²) in [6, 6.07) is 73.5. The van der Waals surface area contributed by atoms with E-state index in [0.29, 0.717) is 0 Å². The molecule has 1 heterocycles. The van der Waals surface area contributed by atoms with Crippen LogP contribution < -0.4 is 4.90 Å². The Kier molecular flexibility index (Phi) is 7.11. The number of thiophene rings is 1. The molecular formula is C52H33NS. The predicted molar refractivity (Wildman–Crippen MR) is 235 cm³/mol. The van der Waals surface area contributed by atoms with Gasteiger partial charge in [0.25, 0.3) is 0 Å². The molecule has 0 spiro atoms. The van der Waals surface area contributed by atoms with Crippen LogP contribution >= 0.6 is 11.3 Å². The van der Waals surface area contributed by atoms with Crippen LogP contribution in [0.25, 0.3) is 85.5 Å². The SMILES string of the molecule is c1ccc(-c2cccc(N(c3ccc(-c4cccc5c4ccc4ccc6ccccc6c45)cc3)c3cc4sc5ccccc5c4c4ccccc34)c2)cc1. The van der Waals surface area contributed by atoms with E-state index in [0.717, 1.165) is 11.4 Å². The highest BCUT2D eigenvalue weighted by Gasteiger charge is 2.20. The normalized spacial score (nSPS) is 11.7. The fourth-order valence-electron chi connectivity index (χ4n) is 8.54. The van der Waals surface area contributed by atoms with Gasteiger partial charge in [0, 0.05) is 36.9 Å². The minimum Gasteiger partial charge on any atom is -0.310 e. The Bertz CT molecular complexity index is 3210. The highest BCUT2D eigenvalue weighted by Crippen LogP contribution is 2.47. The monoisotopic (exact) mass is 703 g/mol. The van der Waals surface area contributed by atoms with Crippen molar-refractivity contribution >= 4 is 91.7 Å². The van der Waals surface area contributed by atoms with Gasteiger partial charge in [-0.15, -0.1) is 11.3 Å². The summed E-state index contributed by atoms with van der Waals surface area (Å²) in [6.07, 6.45) is 0. The lowest BCUT2D eigenvalue weighted by atomic mass is 9.92. The first kappa shape index (κ1) is 30.8. The van der Waals surface area contributed by atoms with E-state index in [1.54, 1.807) is 0 Å². The number of hydrogen-bond donors (Lipinski definition) is 0. The molecule has 10 aromatic carbocycles. The molecule has 252 valence electrons. The van der Waals surface area contributed by atoms with Crippen molar-refractivity contribution < 1.29 is 0 Å². The molecular weight excluding hydrogens is 671 g/mol. The van der Waals surface area contributed by atoms with Gasteiger partial charge in [-0.05, 0) is 96.4 Å². The second-order valence-corrected chi connectivity index (χ2v) is 15.1. The number of benzene rings is 10. The molecule has 0 aliphatic carbocycles. The maximum atomic E-state index is 2.45. The Morgan fingerprint density at radius 2 is 0.963 bits per heavy atom. The first-order chi connectivity index (χ1) is 26.8. The standard InChI is InChI=1S/C52H33NS/c1-2-12-34(13-3-1)38-15-10-16-40(32-38)53(48-33-50-52(46-19-7-6-18-44(46)48)47-20-8-9-23-49(47)54-50)39-29-26-36(27-30-39)41-21-11-22-45-43(41)31-28-37-25-24-35-14-4-5-17-42(35)51(37)45/h1-33H. The Labute approximate surface area is 317 Å². The first-order valence-electron chi connectivity index (χ1n) is 18.5. The number of hydrogen-bond acceptors (Lipinski definition) is 2. The molecule has 0 bridgehead atoms. The second-order valence-electron chi connectivity index (χ2n) is 14.1. The molecule has 2 heteroatoms. The zero-order chi connectivity index (χ0) is 35.6. The van der Waals surface area contributed by atoms with E-state index < -0.39 is 0 Å². The van der Waals surface area contributed by atoms with Crippen molar-refractivity contribution in [2.75, 3.05) is 4.90 Å². The maximum absolute atomic E-state index is 2.45. The molecule has 0 atom stereocenters. The molecule has 0 aliphatic heterocycles. The molecule has 0 unspecified atom stereocenters. The second kappa shape index (κ2) is 12.4. The lowest BCUT2D eigenvalue weighted by Crippen LogP contribution is -2.10. The predicted octanol–water partition coefficient (Wildman–Crippen LogP) is 15.5. The maximum Gasteiger partial charge on any atom is 0.0554 e. The van der Waals surface area contributed by atoms with Crippen LogP contribution in [-0.4, -0.2) is 0 Å². The van der Waals surface area contributed by atoms with Gasteiger partial charge in [-0.3, -0.25) is 0 Å². The summed E-state index contributed by atoms with van der Waals surface area (Å²) in [5.41, 5.74) is 8.25. The molecule has 11 aromatic rings. The molecule has 0 fully saturated rings.